The highest BCUT2D eigenvalue weighted by atomic mass is 16.3. The summed E-state index contributed by atoms with van der Waals surface area (Å²) in [5.41, 5.74) is 7.39. The number of quaternary nitrogens is 1. The smallest absolute Gasteiger partial charge is 0.198 e. The number of nitrogens with zero attached hydrogens (tertiary/aromatic N) is 5. The fourth-order valence-electron chi connectivity index (χ4n) is 4.15. The van der Waals surface area contributed by atoms with Gasteiger partial charge in [-0.1, -0.05) is 52.3 Å². The van der Waals surface area contributed by atoms with Crippen LogP contribution in [0.3, 0.4) is 0 Å². The Labute approximate surface area is 194 Å². The number of carbonyl (C=O) groups is 1. The van der Waals surface area contributed by atoms with Crippen molar-refractivity contribution in [3.8, 4) is 11.6 Å². The van der Waals surface area contributed by atoms with Crippen LogP contribution in [0.25, 0.3) is 22.5 Å². The highest BCUT2D eigenvalue weighted by Gasteiger charge is 2.39. The van der Waals surface area contributed by atoms with Crippen molar-refractivity contribution in [1.29, 1.82) is 0 Å². The van der Waals surface area contributed by atoms with E-state index in [9.17, 15) is 4.79 Å². The van der Waals surface area contributed by atoms with E-state index in [0.29, 0.717) is 35.8 Å². The minimum Gasteiger partial charge on any atom is -0.450 e. The Morgan fingerprint density at radius 2 is 1.79 bits per heavy atom. The molecular weight excluding hydrogens is 428 g/mol. The molecule has 0 fully saturated rings. The minimum absolute atomic E-state index is 0.103. The number of carbonyl (C=O) groups excluding carboxylic acids is 1. The van der Waals surface area contributed by atoms with E-state index >= 15 is 0 Å². The van der Waals surface area contributed by atoms with Crippen LogP contribution in [0.4, 0.5) is 11.5 Å². The van der Waals surface area contributed by atoms with Crippen LogP contribution in [0.2, 0.25) is 0 Å². The predicted octanol–water partition coefficient (Wildman–Crippen LogP) is 4.98. The van der Waals surface area contributed by atoms with Gasteiger partial charge in [-0.3, -0.25) is 9.78 Å². The monoisotopic (exact) mass is 447 g/mol. The van der Waals surface area contributed by atoms with E-state index in [-0.39, 0.29) is 10.5 Å². The number of fused-ring (bicyclic) bond motifs is 2. The summed E-state index contributed by atoms with van der Waals surface area (Å²) >= 11 is 0. The number of hydrogen-bond donors (Lipinski definition) is 1. The zero-order valence-corrected chi connectivity index (χ0v) is 18.0. The van der Waals surface area contributed by atoms with Crippen LogP contribution in [0, 0.1) is 0 Å². The number of aldehydes is 1. The molecule has 0 bridgehead atoms. The van der Waals surface area contributed by atoms with Crippen molar-refractivity contribution in [2.24, 2.45) is 5.10 Å². The highest BCUT2D eigenvalue weighted by molar-refractivity contribution is 5.94. The van der Waals surface area contributed by atoms with Gasteiger partial charge in [-0.05, 0) is 24.3 Å². The van der Waals surface area contributed by atoms with Gasteiger partial charge in [0.25, 0.3) is 0 Å². The molecule has 5 aromatic rings. The number of hydrogen-bond acceptors (Lipinski definition) is 7. The number of benzene rings is 2. The third-order valence-corrected chi connectivity index (χ3v) is 5.74. The Morgan fingerprint density at radius 3 is 2.65 bits per heavy atom. The number of nitrogens with one attached hydrogen (secondary N) is 1. The quantitative estimate of drug-likeness (QED) is 0.292. The van der Waals surface area contributed by atoms with Crippen molar-refractivity contribution in [3.05, 3.63) is 102 Å². The van der Waals surface area contributed by atoms with Gasteiger partial charge < -0.3 is 4.42 Å². The first-order valence-electron chi connectivity index (χ1n) is 10.8. The highest BCUT2D eigenvalue weighted by Crippen LogP contribution is 2.36. The molecule has 164 valence electrons. The molecule has 0 saturated carbocycles. The van der Waals surface area contributed by atoms with Crippen LogP contribution in [0.5, 0.6) is 0 Å². The minimum atomic E-state index is 0.103. The molecule has 4 heterocycles. The summed E-state index contributed by atoms with van der Waals surface area (Å²) < 4.78 is 5.70. The SMILES string of the molecule is O=Cc1ccc(-c2nc(N[N+]3(Cc4ccccc4)N=Cc4ccccc43)c3ccncc3n2)o1. The molecule has 1 aliphatic rings. The van der Waals surface area contributed by atoms with E-state index in [4.69, 9.17) is 14.5 Å². The maximum absolute atomic E-state index is 11.1. The average molecular weight is 447 g/mol. The summed E-state index contributed by atoms with van der Waals surface area (Å²) in [4.78, 5) is 24.7. The maximum Gasteiger partial charge on any atom is 0.198 e. The summed E-state index contributed by atoms with van der Waals surface area (Å²) in [5.74, 6) is 1.54. The number of pyridine rings is 1. The zero-order valence-electron chi connectivity index (χ0n) is 18.0. The number of aromatic nitrogens is 3. The molecule has 0 saturated heterocycles. The van der Waals surface area contributed by atoms with Gasteiger partial charge in [-0.15, -0.1) is 0 Å². The van der Waals surface area contributed by atoms with Crippen LogP contribution >= 0.6 is 0 Å². The van der Waals surface area contributed by atoms with E-state index < -0.39 is 0 Å². The van der Waals surface area contributed by atoms with Gasteiger partial charge in [0.15, 0.2) is 41.7 Å². The summed E-state index contributed by atoms with van der Waals surface area (Å²) in [5, 5.41) is 5.71. The van der Waals surface area contributed by atoms with Gasteiger partial charge in [-0.2, -0.15) is 5.43 Å². The number of anilines is 1. The normalized spacial score (nSPS) is 16.5. The first kappa shape index (κ1) is 20.0. The fourth-order valence-corrected chi connectivity index (χ4v) is 4.15. The number of furan rings is 1. The Kier molecular flexibility index (Phi) is 4.71. The fraction of sp³-hybridized carbons (Fsp3) is 0.0385. The first-order chi connectivity index (χ1) is 16.7. The topological polar surface area (TPSA) is 93.3 Å². The molecular formula is C26H19N6O2+. The first-order valence-corrected chi connectivity index (χ1v) is 10.8. The van der Waals surface area contributed by atoms with Crippen molar-refractivity contribution in [3.63, 3.8) is 0 Å². The molecule has 1 unspecified atom stereocenters. The molecule has 34 heavy (non-hydrogen) atoms. The van der Waals surface area contributed by atoms with E-state index in [1.807, 2.05) is 48.7 Å². The Bertz CT molecular complexity index is 1550. The largest absolute Gasteiger partial charge is 0.450 e. The van der Waals surface area contributed by atoms with Gasteiger partial charge in [0, 0.05) is 17.8 Å². The second-order valence-electron chi connectivity index (χ2n) is 7.94. The van der Waals surface area contributed by atoms with E-state index in [0.717, 1.165) is 22.2 Å². The Balaban J connectivity index is 1.51. The second kappa shape index (κ2) is 8.02. The molecule has 0 radical (unpaired) electrons. The van der Waals surface area contributed by atoms with Gasteiger partial charge in [0.05, 0.1) is 28.9 Å². The van der Waals surface area contributed by atoms with Gasteiger partial charge in [0.1, 0.15) is 0 Å². The summed E-state index contributed by atoms with van der Waals surface area (Å²) in [7, 11) is 0. The predicted molar refractivity (Wildman–Crippen MR) is 130 cm³/mol. The van der Waals surface area contributed by atoms with Crippen molar-refractivity contribution >= 4 is 34.9 Å². The molecule has 8 nitrogen and oxygen atoms in total. The third-order valence-electron chi connectivity index (χ3n) is 5.74. The molecule has 1 aliphatic heterocycles. The van der Waals surface area contributed by atoms with E-state index in [1.54, 1.807) is 24.5 Å². The molecule has 2 aromatic carbocycles. The van der Waals surface area contributed by atoms with Crippen LogP contribution < -0.4 is 10.1 Å². The van der Waals surface area contributed by atoms with Crippen molar-refractivity contribution in [2.75, 3.05) is 5.43 Å². The molecule has 1 atom stereocenters. The molecule has 1 N–H and O–H groups in total. The Hall–Kier alpha value is -4.69. The average Bonchev–Trinajstić information content (AvgIpc) is 3.50. The lowest BCUT2D eigenvalue weighted by molar-refractivity contribution is 0.110. The van der Waals surface area contributed by atoms with Crippen molar-refractivity contribution in [1.82, 2.24) is 19.7 Å². The van der Waals surface area contributed by atoms with Crippen LogP contribution in [-0.2, 0) is 6.54 Å². The van der Waals surface area contributed by atoms with Crippen molar-refractivity contribution < 1.29 is 9.21 Å². The lowest BCUT2D eigenvalue weighted by Gasteiger charge is -2.29. The van der Waals surface area contributed by atoms with E-state index in [2.05, 4.69) is 33.6 Å². The molecule has 0 spiro atoms. The van der Waals surface area contributed by atoms with Crippen molar-refractivity contribution in [2.45, 2.75) is 6.54 Å². The lowest BCUT2D eigenvalue weighted by Crippen LogP contribution is -2.47. The van der Waals surface area contributed by atoms with Gasteiger partial charge in [0.2, 0.25) is 0 Å². The zero-order chi connectivity index (χ0) is 23.0. The summed E-state index contributed by atoms with van der Waals surface area (Å²) in [6.07, 6.45) is 5.91. The molecule has 3 aromatic heterocycles. The molecule has 0 amide bonds. The lowest BCUT2D eigenvalue weighted by atomic mass is 10.1. The van der Waals surface area contributed by atoms with Crippen LogP contribution in [0.15, 0.2) is 94.7 Å². The maximum atomic E-state index is 11.1. The second-order valence-corrected chi connectivity index (χ2v) is 7.94. The van der Waals surface area contributed by atoms with Gasteiger partial charge in [-0.25, -0.2) is 9.97 Å². The number of para-hydroxylation sites is 1. The summed E-state index contributed by atoms with van der Waals surface area (Å²) in [6, 6.07) is 23.4. The van der Waals surface area contributed by atoms with Gasteiger partial charge >= 0.3 is 0 Å². The molecule has 6 rings (SSSR count). The molecule has 0 aliphatic carbocycles. The summed E-state index contributed by atoms with van der Waals surface area (Å²) in [6.45, 7) is 0.566. The number of rotatable bonds is 6. The standard InChI is InChI=1S/C26H19N6O2/c33-17-20-10-11-24(34-20)26-29-22-15-27-13-12-21(22)25(30-26)31-32(16-18-6-2-1-3-7-18)23-9-5-4-8-19(23)14-28-32/h1-15,17H,16H2,(H,29,30,31)/q+1. The van der Waals surface area contributed by atoms with E-state index in [1.165, 1.54) is 0 Å². The van der Waals surface area contributed by atoms with Crippen LogP contribution in [-0.4, -0.2) is 27.5 Å². The molecule has 8 heteroatoms. The van der Waals surface area contributed by atoms with Crippen LogP contribution in [0.1, 0.15) is 21.7 Å². The third kappa shape index (κ3) is 3.42. The Morgan fingerprint density at radius 1 is 0.941 bits per heavy atom.